The Bertz CT molecular complexity index is 650. The minimum atomic E-state index is -0.111. The van der Waals surface area contributed by atoms with Gasteiger partial charge < -0.3 is 14.6 Å². The van der Waals surface area contributed by atoms with Crippen LogP contribution in [0.2, 0.25) is 0 Å². The van der Waals surface area contributed by atoms with E-state index in [-0.39, 0.29) is 11.8 Å². The van der Waals surface area contributed by atoms with E-state index in [0.717, 1.165) is 30.9 Å². The van der Waals surface area contributed by atoms with E-state index in [1.165, 1.54) is 0 Å². The largest absolute Gasteiger partial charge is 0.472 e. The van der Waals surface area contributed by atoms with Crippen LogP contribution in [0, 0.1) is 5.92 Å². The lowest BCUT2D eigenvalue weighted by Crippen LogP contribution is -2.41. The van der Waals surface area contributed by atoms with Gasteiger partial charge in [0.15, 0.2) is 0 Å². The molecule has 0 aromatic carbocycles. The number of amides is 1. The quantitative estimate of drug-likeness (QED) is 0.848. The van der Waals surface area contributed by atoms with Crippen LogP contribution in [0.1, 0.15) is 11.3 Å². The maximum absolute atomic E-state index is 12.6. The lowest BCUT2D eigenvalue weighted by molar-refractivity contribution is -0.126. The van der Waals surface area contributed by atoms with Crippen molar-refractivity contribution in [3.8, 4) is 0 Å². The molecule has 0 radical (unpaired) electrons. The zero-order valence-corrected chi connectivity index (χ0v) is 14.3. The van der Waals surface area contributed by atoms with Crippen LogP contribution in [-0.2, 0) is 24.4 Å². The molecule has 7 nitrogen and oxygen atoms in total. The van der Waals surface area contributed by atoms with Crippen LogP contribution >= 0.6 is 0 Å². The van der Waals surface area contributed by atoms with Crippen molar-refractivity contribution in [3.63, 3.8) is 0 Å². The third-order valence-corrected chi connectivity index (χ3v) is 4.28. The lowest BCUT2D eigenvalue weighted by Gasteiger charge is -2.23. The van der Waals surface area contributed by atoms with Crippen LogP contribution in [0.5, 0.6) is 0 Å². The van der Waals surface area contributed by atoms with Gasteiger partial charge in [0.1, 0.15) is 0 Å². The van der Waals surface area contributed by atoms with Gasteiger partial charge in [-0.15, -0.1) is 0 Å². The number of nitrogens with one attached hydrogen (secondary N) is 1. The predicted octanol–water partition coefficient (Wildman–Crippen LogP) is 0.786. The molecule has 7 heteroatoms. The van der Waals surface area contributed by atoms with Gasteiger partial charge >= 0.3 is 0 Å². The first kappa shape index (κ1) is 16.7. The number of carbonyl (C=O) groups excluding carboxylic acids is 1. The Kier molecular flexibility index (Phi) is 5.32. The first-order chi connectivity index (χ1) is 11.6. The Morgan fingerprint density at radius 1 is 1.42 bits per heavy atom. The molecule has 0 saturated carbocycles. The van der Waals surface area contributed by atoms with E-state index >= 15 is 0 Å². The van der Waals surface area contributed by atoms with Gasteiger partial charge in [-0.2, -0.15) is 5.10 Å². The fourth-order valence-electron chi connectivity index (χ4n) is 3.00. The number of carbonyl (C=O) groups is 1. The number of aromatic nitrogens is 2. The van der Waals surface area contributed by atoms with Crippen molar-refractivity contribution in [1.82, 2.24) is 24.9 Å². The summed E-state index contributed by atoms with van der Waals surface area (Å²) in [5.74, 6) is -0.0161. The zero-order valence-electron chi connectivity index (χ0n) is 14.3. The maximum Gasteiger partial charge on any atom is 0.226 e. The van der Waals surface area contributed by atoms with Gasteiger partial charge in [-0.25, -0.2) is 0 Å². The topological polar surface area (TPSA) is 66.5 Å². The summed E-state index contributed by atoms with van der Waals surface area (Å²) in [6, 6.07) is 3.99. The van der Waals surface area contributed by atoms with E-state index in [1.807, 2.05) is 30.9 Å². The SMILES string of the molecule is CN(C)CCNC(=O)C1CN(Cc2ccoc2)Cc2ccnn2C1. The van der Waals surface area contributed by atoms with Crippen molar-refractivity contribution in [1.29, 1.82) is 0 Å². The number of fused-ring (bicyclic) bond motifs is 1. The molecule has 1 unspecified atom stereocenters. The van der Waals surface area contributed by atoms with E-state index in [1.54, 1.807) is 18.7 Å². The number of rotatable bonds is 6. The molecule has 0 saturated heterocycles. The molecule has 24 heavy (non-hydrogen) atoms. The van der Waals surface area contributed by atoms with Crippen LogP contribution in [-0.4, -0.2) is 59.2 Å². The van der Waals surface area contributed by atoms with Gasteiger partial charge in [-0.3, -0.25) is 14.4 Å². The number of likely N-dealkylation sites (N-methyl/N-ethyl adjacent to an activating group) is 1. The molecule has 1 N–H and O–H groups in total. The monoisotopic (exact) mass is 331 g/mol. The minimum Gasteiger partial charge on any atom is -0.472 e. The van der Waals surface area contributed by atoms with Crippen molar-refractivity contribution in [2.45, 2.75) is 19.6 Å². The van der Waals surface area contributed by atoms with Crippen molar-refractivity contribution < 1.29 is 9.21 Å². The standard InChI is InChI=1S/C17H25N5O2/c1-20(2)7-6-18-17(23)15-10-21(9-14-4-8-24-13-14)12-16-3-5-19-22(16)11-15/h3-5,8,13,15H,6-7,9-12H2,1-2H3,(H,18,23). The summed E-state index contributed by atoms with van der Waals surface area (Å²) < 4.78 is 7.11. The van der Waals surface area contributed by atoms with Gasteiger partial charge in [0.25, 0.3) is 0 Å². The molecule has 0 aliphatic carbocycles. The summed E-state index contributed by atoms with van der Waals surface area (Å²) in [6.07, 6.45) is 5.24. The van der Waals surface area contributed by atoms with Crippen LogP contribution in [0.3, 0.4) is 0 Å². The number of hydrogen-bond donors (Lipinski definition) is 1. The molecule has 1 atom stereocenters. The Labute approximate surface area is 142 Å². The van der Waals surface area contributed by atoms with Crippen molar-refractivity contribution in [2.75, 3.05) is 33.7 Å². The average molecular weight is 331 g/mol. The van der Waals surface area contributed by atoms with E-state index in [2.05, 4.69) is 20.2 Å². The van der Waals surface area contributed by atoms with E-state index < -0.39 is 0 Å². The van der Waals surface area contributed by atoms with Gasteiger partial charge in [0.2, 0.25) is 5.91 Å². The molecule has 0 fully saturated rings. The van der Waals surface area contributed by atoms with E-state index in [4.69, 9.17) is 4.42 Å². The molecule has 2 aromatic rings. The third kappa shape index (κ3) is 4.24. The summed E-state index contributed by atoms with van der Waals surface area (Å²) in [5, 5.41) is 7.42. The van der Waals surface area contributed by atoms with Gasteiger partial charge in [0, 0.05) is 44.5 Å². The van der Waals surface area contributed by atoms with Crippen LogP contribution in [0.4, 0.5) is 0 Å². The molecule has 2 aromatic heterocycles. The molecule has 130 valence electrons. The second-order valence-corrected chi connectivity index (χ2v) is 6.60. The number of hydrogen-bond acceptors (Lipinski definition) is 5. The molecule has 0 bridgehead atoms. The predicted molar refractivity (Wildman–Crippen MR) is 90.1 cm³/mol. The Morgan fingerprint density at radius 2 is 2.29 bits per heavy atom. The van der Waals surface area contributed by atoms with Gasteiger partial charge in [-0.05, 0) is 26.2 Å². The zero-order chi connectivity index (χ0) is 16.9. The summed E-state index contributed by atoms with van der Waals surface area (Å²) in [4.78, 5) is 16.9. The second kappa shape index (κ2) is 7.63. The average Bonchev–Trinajstić information content (AvgIpc) is 3.16. The van der Waals surface area contributed by atoms with Crippen LogP contribution in [0.15, 0.2) is 35.3 Å². The normalized spacial score (nSPS) is 18.4. The Balaban J connectivity index is 1.68. The highest BCUT2D eigenvalue weighted by Gasteiger charge is 2.27. The van der Waals surface area contributed by atoms with Gasteiger partial charge in [0.05, 0.1) is 30.7 Å². The molecule has 1 amide bonds. The summed E-state index contributed by atoms with van der Waals surface area (Å²) in [7, 11) is 4.00. The fourth-order valence-corrected chi connectivity index (χ4v) is 3.00. The molecule has 0 spiro atoms. The molecule has 1 aliphatic rings. The fraction of sp³-hybridized carbons (Fsp3) is 0.529. The highest BCUT2D eigenvalue weighted by atomic mass is 16.3. The van der Waals surface area contributed by atoms with Crippen molar-refractivity contribution >= 4 is 5.91 Å². The Morgan fingerprint density at radius 3 is 3.04 bits per heavy atom. The van der Waals surface area contributed by atoms with Gasteiger partial charge in [-0.1, -0.05) is 0 Å². The highest BCUT2D eigenvalue weighted by Crippen LogP contribution is 2.18. The maximum atomic E-state index is 12.6. The summed E-state index contributed by atoms with van der Waals surface area (Å²) in [6.45, 7) is 4.39. The summed E-state index contributed by atoms with van der Waals surface area (Å²) >= 11 is 0. The number of furan rings is 1. The molecule has 3 rings (SSSR count). The minimum absolute atomic E-state index is 0.0948. The van der Waals surface area contributed by atoms with E-state index in [0.29, 0.717) is 19.6 Å². The van der Waals surface area contributed by atoms with Crippen LogP contribution < -0.4 is 5.32 Å². The van der Waals surface area contributed by atoms with Crippen LogP contribution in [0.25, 0.3) is 0 Å². The van der Waals surface area contributed by atoms with E-state index in [9.17, 15) is 4.79 Å². The highest BCUT2D eigenvalue weighted by molar-refractivity contribution is 5.78. The lowest BCUT2D eigenvalue weighted by atomic mass is 10.1. The molecular formula is C17H25N5O2. The molecular weight excluding hydrogens is 306 g/mol. The first-order valence-electron chi connectivity index (χ1n) is 8.28. The van der Waals surface area contributed by atoms with Crippen molar-refractivity contribution in [2.24, 2.45) is 5.92 Å². The van der Waals surface area contributed by atoms with Crippen molar-refractivity contribution in [3.05, 3.63) is 42.1 Å². The smallest absolute Gasteiger partial charge is 0.226 e. The molecule has 1 aliphatic heterocycles. The second-order valence-electron chi connectivity index (χ2n) is 6.60. The first-order valence-corrected chi connectivity index (χ1v) is 8.28. The molecule has 3 heterocycles. The summed E-state index contributed by atoms with van der Waals surface area (Å²) in [5.41, 5.74) is 2.26. The number of nitrogens with zero attached hydrogens (tertiary/aromatic N) is 4. The third-order valence-electron chi connectivity index (χ3n) is 4.28. The Hall–Kier alpha value is -2.12.